The van der Waals surface area contributed by atoms with E-state index in [1.807, 2.05) is 71.0 Å². The van der Waals surface area contributed by atoms with Crippen molar-refractivity contribution in [2.24, 2.45) is 17.8 Å². The first-order chi connectivity index (χ1) is 16.9. The summed E-state index contributed by atoms with van der Waals surface area (Å²) in [6, 6.07) is 5.24. The van der Waals surface area contributed by atoms with Crippen molar-refractivity contribution in [2.75, 3.05) is 14.1 Å². The lowest BCUT2D eigenvalue weighted by molar-refractivity contribution is -0.136. The van der Waals surface area contributed by atoms with Gasteiger partial charge in [-0.25, -0.2) is 0 Å². The lowest BCUT2D eigenvalue weighted by atomic mass is 9.94. The minimum Gasteiger partial charge on any atom is -0.487 e. The Labute approximate surface area is 216 Å². The van der Waals surface area contributed by atoms with Crippen LogP contribution in [0, 0.1) is 17.8 Å². The molecule has 2 aliphatic heterocycles. The average Bonchev–Trinajstić information content (AvgIpc) is 2.82. The zero-order valence-corrected chi connectivity index (χ0v) is 23.0. The molecule has 0 saturated carbocycles. The third-order valence-corrected chi connectivity index (χ3v) is 6.63. The second kappa shape index (κ2) is 13.4. The van der Waals surface area contributed by atoms with Gasteiger partial charge in [-0.3, -0.25) is 19.3 Å². The maximum absolute atomic E-state index is 13.8. The summed E-state index contributed by atoms with van der Waals surface area (Å²) in [6.45, 7) is 11.9. The van der Waals surface area contributed by atoms with Gasteiger partial charge in [-0.15, -0.1) is 0 Å². The topological polar surface area (TPSA) is 99.8 Å². The number of carbonyl (C=O) groups excluding carboxylic acids is 3. The molecule has 0 spiro atoms. The predicted octanol–water partition coefficient (Wildman–Crippen LogP) is 3.18. The molecule has 2 heterocycles. The molecule has 2 unspecified atom stereocenters. The lowest BCUT2D eigenvalue weighted by Gasteiger charge is -2.34. The van der Waals surface area contributed by atoms with Crippen molar-refractivity contribution in [1.29, 1.82) is 0 Å². The maximum atomic E-state index is 13.8. The maximum Gasteiger partial charge on any atom is 0.247 e. The minimum absolute atomic E-state index is 0.104. The summed E-state index contributed by atoms with van der Waals surface area (Å²) in [5.41, 5.74) is 0.900. The molecule has 2 bridgehead atoms. The van der Waals surface area contributed by atoms with Crippen LogP contribution in [-0.2, 0) is 14.4 Å². The summed E-state index contributed by atoms with van der Waals surface area (Å²) in [5, 5.41) is 8.70. The fourth-order valence-corrected chi connectivity index (χ4v) is 4.20. The van der Waals surface area contributed by atoms with E-state index in [2.05, 4.69) is 29.8 Å². The third-order valence-electron chi connectivity index (χ3n) is 6.63. The molecule has 1 aromatic carbocycles. The molecular weight excluding hydrogens is 456 g/mol. The van der Waals surface area contributed by atoms with E-state index in [1.165, 1.54) is 0 Å². The van der Waals surface area contributed by atoms with Crippen molar-refractivity contribution in [3.63, 3.8) is 0 Å². The Hall–Kier alpha value is -2.87. The molecule has 3 rings (SSSR count). The van der Waals surface area contributed by atoms with Crippen molar-refractivity contribution in [2.45, 2.75) is 78.6 Å². The van der Waals surface area contributed by atoms with Crippen molar-refractivity contribution < 1.29 is 19.1 Å². The normalized spacial score (nSPS) is 22.6. The van der Waals surface area contributed by atoms with Gasteiger partial charge >= 0.3 is 0 Å². The van der Waals surface area contributed by atoms with E-state index in [0.29, 0.717) is 24.5 Å². The highest BCUT2D eigenvalue weighted by Gasteiger charge is 2.38. The van der Waals surface area contributed by atoms with Crippen LogP contribution in [0.1, 0.15) is 59.9 Å². The highest BCUT2D eigenvalue weighted by molar-refractivity contribution is 5.94. The molecular formula is C28H44N4O4. The summed E-state index contributed by atoms with van der Waals surface area (Å²) in [5.74, 6) is -0.312. The first-order valence-corrected chi connectivity index (χ1v) is 12.9. The zero-order chi connectivity index (χ0) is 27.0. The highest BCUT2D eigenvalue weighted by Crippen LogP contribution is 2.21. The minimum atomic E-state index is -0.996. The van der Waals surface area contributed by atoms with Crippen LogP contribution in [0.5, 0.6) is 5.75 Å². The van der Waals surface area contributed by atoms with E-state index in [-0.39, 0.29) is 23.7 Å². The van der Waals surface area contributed by atoms with Crippen LogP contribution >= 0.6 is 0 Å². The van der Waals surface area contributed by atoms with E-state index >= 15 is 0 Å². The van der Waals surface area contributed by atoms with E-state index in [0.717, 1.165) is 5.56 Å². The number of likely N-dealkylation sites (N-methyl/N-ethyl adjacent to an activating group) is 1. The first-order valence-electron chi connectivity index (χ1n) is 12.9. The van der Waals surface area contributed by atoms with Crippen LogP contribution in [0.25, 0.3) is 6.08 Å². The molecule has 0 saturated heterocycles. The molecule has 0 aliphatic carbocycles. The Morgan fingerprint density at radius 3 is 2.22 bits per heavy atom. The molecule has 8 nitrogen and oxygen atoms in total. The van der Waals surface area contributed by atoms with Crippen molar-refractivity contribution in [3.8, 4) is 5.75 Å². The van der Waals surface area contributed by atoms with E-state index in [9.17, 15) is 14.4 Å². The van der Waals surface area contributed by atoms with Crippen LogP contribution in [0.3, 0.4) is 0 Å². The Morgan fingerprint density at radius 2 is 1.69 bits per heavy atom. The zero-order valence-electron chi connectivity index (χ0n) is 23.0. The van der Waals surface area contributed by atoms with Gasteiger partial charge < -0.3 is 20.7 Å². The van der Waals surface area contributed by atoms with Gasteiger partial charge in [-0.2, -0.15) is 0 Å². The molecule has 0 aromatic heterocycles. The molecule has 0 radical (unpaired) electrons. The number of rotatable bonds is 8. The Balaban J connectivity index is 2.52. The number of benzene rings is 1. The quantitative estimate of drug-likeness (QED) is 0.509. The Kier molecular flexibility index (Phi) is 11.0. The van der Waals surface area contributed by atoms with Crippen molar-refractivity contribution in [1.82, 2.24) is 20.9 Å². The van der Waals surface area contributed by atoms with E-state index < -0.39 is 30.1 Å². The summed E-state index contributed by atoms with van der Waals surface area (Å²) in [6.07, 6.45) is 4.06. The van der Waals surface area contributed by atoms with Gasteiger partial charge in [0.2, 0.25) is 17.7 Å². The standard InChI is InChI=1S/C28H44N4O4/c1-9-19(6)23-27(34)29-15-14-20-10-12-21(13-11-20)36-25(18(4)5)24(28(35)30-23)31-26(33)22(32(7)8)16-17(2)3/h10-15,17-19,22-25H,9,16H2,1-8H3,(H,29,34)(H,30,35)(H,31,33)/t19?,22-,23-,24?,25+/m0/s1. The number of amides is 3. The highest BCUT2D eigenvalue weighted by atomic mass is 16.5. The van der Waals surface area contributed by atoms with Gasteiger partial charge in [0.1, 0.15) is 23.9 Å². The smallest absolute Gasteiger partial charge is 0.247 e. The third kappa shape index (κ3) is 8.08. The molecule has 3 N–H and O–H groups in total. The molecule has 2 aliphatic rings. The van der Waals surface area contributed by atoms with Crippen molar-refractivity contribution >= 4 is 23.8 Å². The van der Waals surface area contributed by atoms with Crippen LogP contribution in [0.2, 0.25) is 0 Å². The van der Waals surface area contributed by atoms with Crippen LogP contribution in [0.4, 0.5) is 0 Å². The van der Waals surface area contributed by atoms with Gasteiger partial charge in [0.15, 0.2) is 0 Å². The number of ether oxygens (including phenoxy) is 1. The van der Waals surface area contributed by atoms with Gasteiger partial charge in [-0.05, 0) is 62.0 Å². The molecule has 200 valence electrons. The molecule has 3 amide bonds. The van der Waals surface area contributed by atoms with Gasteiger partial charge in [0, 0.05) is 6.20 Å². The number of hydrogen-bond acceptors (Lipinski definition) is 5. The SMILES string of the molecule is CCC(C)[C@@H]1NC(=O)C(NC(=O)[C@H](CC(C)C)N(C)C)[C@@H](C(C)C)Oc2ccc(cc2)C=CNC1=O. The van der Waals surface area contributed by atoms with Gasteiger partial charge in [-0.1, -0.05) is 60.1 Å². The van der Waals surface area contributed by atoms with Gasteiger partial charge in [0.05, 0.1) is 6.04 Å². The fourth-order valence-electron chi connectivity index (χ4n) is 4.20. The molecule has 0 fully saturated rings. The number of fused-ring (bicyclic) bond motifs is 10. The van der Waals surface area contributed by atoms with E-state index in [1.54, 1.807) is 12.3 Å². The summed E-state index contributed by atoms with van der Waals surface area (Å²) >= 11 is 0. The summed E-state index contributed by atoms with van der Waals surface area (Å²) in [7, 11) is 3.71. The second-order valence-electron chi connectivity index (χ2n) is 10.7. The molecule has 8 heteroatoms. The van der Waals surface area contributed by atoms with Crippen molar-refractivity contribution in [3.05, 3.63) is 36.0 Å². The van der Waals surface area contributed by atoms with E-state index in [4.69, 9.17) is 4.74 Å². The average molecular weight is 501 g/mol. The fraction of sp³-hybridized carbons (Fsp3) is 0.607. The number of nitrogens with zero attached hydrogens (tertiary/aromatic N) is 1. The van der Waals surface area contributed by atoms with Gasteiger partial charge in [0.25, 0.3) is 0 Å². The second-order valence-corrected chi connectivity index (χ2v) is 10.7. The Bertz CT molecular complexity index is 911. The summed E-state index contributed by atoms with van der Waals surface area (Å²) < 4.78 is 6.31. The molecule has 1 aromatic rings. The summed E-state index contributed by atoms with van der Waals surface area (Å²) in [4.78, 5) is 42.1. The number of carbonyl (C=O) groups is 3. The number of nitrogens with one attached hydrogen (secondary N) is 3. The predicted molar refractivity (Wildman–Crippen MR) is 143 cm³/mol. The monoisotopic (exact) mass is 500 g/mol. The molecule has 5 atom stereocenters. The van der Waals surface area contributed by atoms with Crippen LogP contribution in [0.15, 0.2) is 30.5 Å². The van der Waals surface area contributed by atoms with Crippen LogP contribution in [-0.4, -0.2) is 60.9 Å². The largest absolute Gasteiger partial charge is 0.487 e. The lowest BCUT2D eigenvalue weighted by Crippen LogP contribution is -2.62. The molecule has 36 heavy (non-hydrogen) atoms. The van der Waals surface area contributed by atoms with Crippen LogP contribution < -0.4 is 20.7 Å². The first kappa shape index (κ1) is 29.4. The number of hydrogen-bond donors (Lipinski definition) is 3. The Morgan fingerprint density at radius 1 is 1.06 bits per heavy atom.